The Kier molecular flexibility index (Phi) is 6.44. The van der Waals surface area contributed by atoms with Crippen LogP contribution >= 0.6 is 11.3 Å². The fraction of sp³-hybridized carbons (Fsp3) is 0.111. The van der Waals surface area contributed by atoms with Gasteiger partial charge in [0.25, 0.3) is 0 Å². The number of thiophene rings is 1. The van der Waals surface area contributed by atoms with E-state index >= 15 is 0 Å². The van der Waals surface area contributed by atoms with E-state index < -0.39 is 0 Å². The zero-order chi connectivity index (χ0) is 37.5. The van der Waals surface area contributed by atoms with E-state index in [4.69, 9.17) is 0 Å². The summed E-state index contributed by atoms with van der Waals surface area (Å²) in [7, 11) is 0. The van der Waals surface area contributed by atoms with Gasteiger partial charge in [0.1, 0.15) is 0 Å². The average Bonchev–Trinajstić information content (AvgIpc) is 3.91. The van der Waals surface area contributed by atoms with Gasteiger partial charge in [0.15, 0.2) is 0 Å². The summed E-state index contributed by atoms with van der Waals surface area (Å²) < 4.78 is 6.66. The SMILES string of the molecule is CC1C=Cc2c3c(n(-c4cc5ccccc5c5ccccc45)c2C1)C(C)Cc1c-3sc2c1ccc1c2c2ccccc2n1-c1cc2ccccc2c2ccccc12. The summed E-state index contributed by atoms with van der Waals surface area (Å²) >= 11 is 2.03. The normalized spacial score (nSPS) is 16.4. The Morgan fingerprint density at radius 1 is 0.526 bits per heavy atom. The molecule has 8 aromatic carbocycles. The lowest BCUT2D eigenvalue weighted by atomic mass is 9.84. The van der Waals surface area contributed by atoms with Gasteiger partial charge in [-0.1, -0.05) is 147 Å². The molecule has 0 amide bonds. The molecule has 0 N–H and O–H groups in total. The molecule has 11 aromatic rings. The van der Waals surface area contributed by atoms with Crippen LogP contribution in [0.1, 0.15) is 42.3 Å². The van der Waals surface area contributed by atoms with Crippen molar-refractivity contribution in [1.82, 2.24) is 9.13 Å². The molecule has 2 aliphatic carbocycles. The van der Waals surface area contributed by atoms with E-state index in [0.29, 0.717) is 11.8 Å². The van der Waals surface area contributed by atoms with Crippen molar-refractivity contribution in [3.05, 3.63) is 174 Å². The molecule has 0 saturated carbocycles. The molecule has 57 heavy (non-hydrogen) atoms. The molecular formula is C54H38N2S. The van der Waals surface area contributed by atoms with Gasteiger partial charge in [-0.25, -0.2) is 0 Å². The lowest BCUT2D eigenvalue weighted by molar-refractivity contribution is 0.658. The summed E-state index contributed by atoms with van der Waals surface area (Å²) in [4.78, 5) is 1.46. The third-order valence-electron chi connectivity index (χ3n) is 13.2. The standard InChI is InChI=1S/C54H38N2S/c1-31-23-24-43-47(27-31)56(49-30-34-14-4-6-16-36(34)38-18-8-10-20-40(38)49)52-32(2)28-44-41-25-26-46-50(53(41)57-54(44)51(43)52)42-21-11-12-22-45(42)55(46)48-29-33-13-3-5-15-35(33)37-17-7-9-19-39(37)48/h3-26,29-32H,27-28H2,1-2H3. The van der Waals surface area contributed by atoms with E-state index in [1.165, 1.54) is 119 Å². The second-order valence-corrected chi connectivity index (χ2v) is 17.5. The van der Waals surface area contributed by atoms with Crippen molar-refractivity contribution < 1.29 is 0 Å². The number of fused-ring (bicyclic) bond motifs is 17. The van der Waals surface area contributed by atoms with Crippen LogP contribution in [0, 0.1) is 5.92 Å². The molecule has 3 aromatic heterocycles. The molecule has 0 saturated heterocycles. The molecule has 270 valence electrons. The summed E-state index contributed by atoms with van der Waals surface area (Å²) in [6.07, 6.45) is 6.96. The number of aromatic nitrogens is 2. The van der Waals surface area contributed by atoms with Crippen molar-refractivity contribution in [2.75, 3.05) is 0 Å². The maximum atomic E-state index is 2.71. The number of hydrogen-bond acceptors (Lipinski definition) is 1. The predicted octanol–water partition coefficient (Wildman–Crippen LogP) is 14.9. The minimum Gasteiger partial charge on any atom is -0.316 e. The zero-order valence-electron chi connectivity index (χ0n) is 31.9. The monoisotopic (exact) mass is 746 g/mol. The average molecular weight is 747 g/mol. The van der Waals surface area contributed by atoms with E-state index in [0.717, 1.165) is 12.8 Å². The molecule has 0 aliphatic heterocycles. The number of para-hydroxylation sites is 1. The van der Waals surface area contributed by atoms with Crippen LogP contribution in [0.2, 0.25) is 0 Å². The Balaban J connectivity index is 1.12. The van der Waals surface area contributed by atoms with Gasteiger partial charge in [-0.15, -0.1) is 11.3 Å². The highest BCUT2D eigenvalue weighted by Gasteiger charge is 2.36. The number of hydrogen-bond donors (Lipinski definition) is 0. The fourth-order valence-electron chi connectivity index (χ4n) is 10.8. The Morgan fingerprint density at radius 3 is 1.79 bits per heavy atom. The Bertz CT molecular complexity index is 3570. The third kappa shape index (κ3) is 4.25. The van der Waals surface area contributed by atoms with Crippen molar-refractivity contribution in [3.63, 3.8) is 0 Å². The first-order chi connectivity index (χ1) is 28.1. The highest BCUT2D eigenvalue weighted by atomic mass is 32.1. The lowest BCUT2D eigenvalue weighted by Crippen LogP contribution is -2.14. The fourth-order valence-corrected chi connectivity index (χ4v) is 12.3. The molecule has 2 nitrogen and oxygen atoms in total. The summed E-state index contributed by atoms with van der Waals surface area (Å²) in [6, 6.07) is 54.5. The quantitative estimate of drug-likeness (QED) is 0.156. The maximum Gasteiger partial charge on any atom is 0.0556 e. The summed E-state index contributed by atoms with van der Waals surface area (Å²) in [5, 5.41) is 14.5. The first-order valence-electron chi connectivity index (χ1n) is 20.4. The first kappa shape index (κ1) is 31.7. The molecule has 3 heterocycles. The number of allylic oxidation sites excluding steroid dienone is 1. The van der Waals surface area contributed by atoms with Crippen LogP contribution < -0.4 is 0 Å². The minimum absolute atomic E-state index is 0.353. The van der Waals surface area contributed by atoms with Gasteiger partial charge in [-0.05, 0) is 86.3 Å². The van der Waals surface area contributed by atoms with Gasteiger partial charge in [-0.3, -0.25) is 0 Å². The van der Waals surface area contributed by atoms with Crippen LogP contribution in [-0.4, -0.2) is 9.13 Å². The molecule has 2 aliphatic rings. The molecule has 0 bridgehead atoms. The van der Waals surface area contributed by atoms with E-state index in [1.54, 1.807) is 0 Å². The van der Waals surface area contributed by atoms with E-state index in [2.05, 4.69) is 181 Å². The van der Waals surface area contributed by atoms with Crippen molar-refractivity contribution in [3.8, 4) is 21.8 Å². The molecule has 0 fully saturated rings. The molecule has 2 unspecified atom stereocenters. The first-order valence-corrected chi connectivity index (χ1v) is 21.2. The van der Waals surface area contributed by atoms with Gasteiger partial charge < -0.3 is 9.13 Å². The van der Waals surface area contributed by atoms with Gasteiger partial charge in [0.2, 0.25) is 0 Å². The van der Waals surface area contributed by atoms with Crippen molar-refractivity contribution >= 4 is 92.4 Å². The molecular weight excluding hydrogens is 709 g/mol. The van der Waals surface area contributed by atoms with Crippen LogP contribution in [0.3, 0.4) is 0 Å². The topological polar surface area (TPSA) is 9.86 Å². The predicted molar refractivity (Wildman–Crippen MR) is 245 cm³/mol. The number of nitrogens with zero attached hydrogens (tertiary/aromatic N) is 2. The summed E-state index contributed by atoms with van der Waals surface area (Å²) in [5.74, 6) is 0.833. The number of benzene rings is 8. The summed E-state index contributed by atoms with van der Waals surface area (Å²) in [5.41, 5.74) is 12.4. The Morgan fingerprint density at radius 2 is 1.11 bits per heavy atom. The van der Waals surface area contributed by atoms with E-state index in [-0.39, 0.29) is 0 Å². The smallest absolute Gasteiger partial charge is 0.0556 e. The lowest BCUT2D eigenvalue weighted by Gasteiger charge is -2.25. The number of rotatable bonds is 2. The maximum absolute atomic E-state index is 2.71. The van der Waals surface area contributed by atoms with Crippen LogP contribution in [-0.2, 0) is 12.8 Å². The zero-order valence-corrected chi connectivity index (χ0v) is 32.7. The van der Waals surface area contributed by atoms with Crippen molar-refractivity contribution in [1.29, 1.82) is 0 Å². The second-order valence-electron chi connectivity index (χ2n) is 16.5. The van der Waals surface area contributed by atoms with E-state index in [9.17, 15) is 0 Å². The molecule has 0 spiro atoms. The van der Waals surface area contributed by atoms with Crippen LogP contribution in [0.15, 0.2) is 152 Å². The van der Waals surface area contributed by atoms with Gasteiger partial charge in [0, 0.05) is 59.6 Å². The molecule has 2 atom stereocenters. The van der Waals surface area contributed by atoms with Crippen LogP contribution in [0.25, 0.3) is 103 Å². The highest BCUT2D eigenvalue weighted by molar-refractivity contribution is 7.23. The van der Waals surface area contributed by atoms with Gasteiger partial charge in [-0.2, -0.15) is 0 Å². The molecule has 13 rings (SSSR count). The van der Waals surface area contributed by atoms with Crippen molar-refractivity contribution in [2.45, 2.75) is 32.6 Å². The second kappa shape index (κ2) is 11.6. The van der Waals surface area contributed by atoms with Gasteiger partial charge in [0.05, 0.1) is 22.4 Å². The van der Waals surface area contributed by atoms with Crippen LogP contribution in [0.4, 0.5) is 0 Å². The third-order valence-corrected chi connectivity index (χ3v) is 14.5. The Hall–Kier alpha value is -6.42. The molecule has 3 heteroatoms. The van der Waals surface area contributed by atoms with E-state index in [1.807, 2.05) is 11.3 Å². The highest BCUT2D eigenvalue weighted by Crippen LogP contribution is 2.55. The minimum atomic E-state index is 0.353. The Labute approximate surface area is 334 Å². The summed E-state index contributed by atoms with van der Waals surface area (Å²) in [6.45, 7) is 4.84. The van der Waals surface area contributed by atoms with Gasteiger partial charge >= 0.3 is 0 Å². The molecule has 0 radical (unpaired) electrons. The largest absolute Gasteiger partial charge is 0.316 e. The van der Waals surface area contributed by atoms with Crippen molar-refractivity contribution in [2.24, 2.45) is 5.92 Å². The van der Waals surface area contributed by atoms with Crippen LogP contribution in [0.5, 0.6) is 0 Å².